The summed E-state index contributed by atoms with van der Waals surface area (Å²) in [5, 5.41) is 4.35. The number of fused-ring (bicyclic) bond motifs is 9. The van der Waals surface area contributed by atoms with E-state index in [-0.39, 0.29) is 0 Å². The van der Waals surface area contributed by atoms with Gasteiger partial charge in [-0.2, -0.15) is 0 Å². The smallest absolute Gasteiger partial charge is 0.119 e. The molecule has 0 aliphatic heterocycles. The van der Waals surface area contributed by atoms with Crippen molar-refractivity contribution in [2.24, 2.45) is 0 Å². The van der Waals surface area contributed by atoms with E-state index in [9.17, 15) is 0 Å². The lowest BCUT2D eigenvalue weighted by atomic mass is 9.67. The molecule has 8 nitrogen and oxygen atoms in total. The van der Waals surface area contributed by atoms with Gasteiger partial charge in [-0.05, 0) is 178 Å². The molecule has 79 heavy (non-hydrogen) atoms. The summed E-state index contributed by atoms with van der Waals surface area (Å²) >= 11 is 0. The summed E-state index contributed by atoms with van der Waals surface area (Å²) < 4.78 is 17.5. The minimum Gasteiger partial charge on any atom is -0.494 e. The standard InChI is InChI=1S/C71H64N6O2/c1-5-7-9-11-37-78-55-21-15-51(16-22-55)71(52-17-23-56(24-18-52)79-38-12-10-8-6-2)65-41-49(57-27-19-53(39-47(57)3)76-67-29-33-72-43-61(67)62-44-73-34-30-68(62)76)13-25-59(65)60-26-14-50(42-66(60)71)58-28-20-54(40-48(58)4)77-69-31-35-74-45-63(69)64-46-75-36-32-70(64)77/h13-36,39-46H,5-12,37-38H2,1-4H3. The molecule has 8 heteroatoms. The Hall–Kier alpha value is -8.88. The van der Waals surface area contributed by atoms with Crippen molar-refractivity contribution in [3.05, 3.63) is 229 Å². The molecule has 0 fully saturated rings. The van der Waals surface area contributed by atoms with Crippen LogP contribution in [-0.2, 0) is 5.41 Å². The Bertz CT molecular complexity index is 3830. The maximum atomic E-state index is 6.44. The first-order valence-electron chi connectivity index (χ1n) is 28.3. The monoisotopic (exact) mass is 1030 g/mol. The van der Waals surface area contributed by atoms with Gasteiger partial charge in [-0.15, -0.1) is 0 Å². The van der Waals surface area contributed by atoms with E-state index in [0.717, 1.165) is 90.5 Å². The molecule has 390 valence electrons. The molecule has 1 aliphatic rings. The SMILES string of the molecule is CCCCCCOc1ccc(C2(c3ccc(OCCCCCC)cc3)c3cc(-c4ccc(-n5c6ccncc6c6cnccc65)cc4C)ccc3-c3ccc(-c4ccc(-n5c6ccncc6c6cnccc65)cc4C)cc32)cc1. The zero-order valence-electron chi connectivity index (χ0n) is 45.5. The van der Waals surface area contributed by atoms with E-state index in [4.69, 9.17) is 9.47 Å². The number of unbranched alkanes of at least 4 members (excludes halogenated alkanes) is 6. The lowest BCUT2D eigenvalue weighted by molar-refractivity contribution is 0.305. The Morgan fingerprint density at radius 1 is 0.380 bits per heavy atom. The zero-order valence-corrected chi connectivity index (χ0v) is 45.5. The lowest BCUT2D eigenvalue weighted by Gasteiger charge is -2.34. The van der Waals surface area contributed by atoms with Crippen molar-refractivity contribution in [2.45, 2.75) is 84.5 Å². The third-order valence-corrected chi connectivity index (χ3v) is 16.5. The van der Waals surface area contributed by atoms with E-state index in [1.54, 1.807) is 0 Å². The average molecular weight is 1030 g/mol. The second kappa shape index (κ2) is 21.2. The van der Waals surface area contributed by atoms with E-state index >= 15 is 0 Å². The largest absolute Gasteiger partial charge is 0.494 e. The molecule has 6 aromatic heterocycles. The van der Waals surface area contributed by atoms with E-state index in [2.05, 4.69) is 202 Å². The van der Waals surface area contributed by atoms with Gasteiger partial charge in [0, 0.05) is 82.5 Å². The van der Waals surface area contributed by atoms with Gasteiger partial charge >= 0.3 is 0 Å². The highest BCUT2D eigenvalue weighted by molar-refractivity contribution is 6.09. The number of benzene rings is 6. The molecule has 0 saturated carbocycles. The van der Waals surface area contributed by atoms with Crippen LogP contribution in [0.4, 0.5) is 0 Å². The molecule has 6 heterocycles. The second-order valence-electron chi connectivity index (χ2n) is 21.4. The van der Waals surface area contributed by atoms with E-state index in [1.807, 2.05) is 49.6 Å². The van der Waals surface area contributed by atoms with Crippen LogP contribution >= 0.6 is 0 Å². The van der Waals surface area contributed by atoms with Gasteiger partial charge in [0.25, 0.3) is 0 Å². The van der Waals surface area contributed by atoms with Gasteiger partial charge in [-0.1, -0.05) is 113 Å². The Morgan fingerprint density at radius 2 is 0.747 bits per heavy atom. The first kappa shape index (κ1) is 49.7. The van der Waals surface area contributed by atoms with Crippen molar-refractivity contribution in [3.8, 4) is 56.3 Å². The van der Waals surface area contributed by atoms with Crippen LogP contribution in [0.1, 0.15) is 98.6 Å². The fraction of sp³-hybridized carbons (Fsp3) is 0.211. The van der Waals surface area contributed by atoms with Crippen molar-refractivity contribution < 1.29 is 9.47 Å². The quantitative estimate of drug-likeness (QED) is 0.0797. The molecule has 12 aromatic rings. The molecule has 6 aromatic carbocycles. The van der Waals surface area contributed by atoms with E-state index < -0.39 is 5.41 Å². The van der Waals surface area contributed by atoms with Gasteiger partial charge in [0.05, 0.1) is 40.7 Å². The third kappa shape index (κ3) is 8.71. The topological polar surface area (TPSA) is 79.9 Å². The van der Waals surface area contributed by atoms with Crippen LogP contribution in [0.15, 0.2) is 195 Å². The maximum Gasteiger partial charge on any atom is 0.119 e. The number of rotatable bonds is 18. The lowest BCUT2D eigenvalue weighted by Crippen LogP contribution is -2.28. The molecule has 1 aliphatic carbocycles. The molecule has 0 atom stereocenters. The summed E-state index contributed by atoms with van der Waals surface area (Å²) in [5.74, 6) is 1.78. The number of nitrogens with zero attached hydrogens (tertiary/aromatic N) is 6. The molecule has 0 spiro atoms. The summed E-state index contributed by atoms with van der Waals surface area (Å²) in [4.78, 5) is 17.9. The molecule has 0 radical (unpaired) electrons. The number of pyridine rings is 4. The first-order valence-corrected chi connectivity index (χ1v) is 28.3. The summed E-state index contributed by atoms with van der Waals surface area (Å²) in [6.45, 7) is 10.4. The minimum absolute atomic E-state index is 0.704. The van der Waals surface area contributed by atoms with Crippen molar-refractivity contribution in [1.82, 2.24) is 29.1 Å². The molecule has 0 amide bonds. The summed E-state index contributed by atoms with van der Waals surface area (Å²) in [6.07, 6.45) is 24.5. The van der Waals surface area contributed by atoms with Crippen LogP contribution in [0.3, 0.4) is 0 Å². The Kier molecular flexibility index (Phi) is 13.3. The fourth-order valence-electron chi connectivity index (χ4n) is 12.7. The summed E-state index contributed by atoms with van der Waals surface area (Å²) in [5.41, 5.74) is 20.3. The van der Waals surface area contributed by atoms with Crippen LogP contribution in [0, 0.1) is 13.8 Å². The first-order chi connectivity index (χ1) is 38.9. The predicted octanol–water partition coefficient (Wildman–Crippen LogP) is 17.7. The average Bonchev–Trinajstić information content (AvgIpc) is 4.22. The van der Waals surface area contributed by atoms with Gasteiger partial charge in [-0.25, -0.2) is 0 Å². The van der Waals surface area contributed by atoms with Gasteiger partial charge in [0.15, 0.2) is 0 Å². The van der Waals surface area contributed by atoms with Crippen molar-refractivity contribution in [3.63, 3.8) is 0 Å². The number of hydrogen-bond acceptors (Lipinski definition) is 6. The molecule has 0 saturated heterocycles. The minimum atomic E-state index is -0.715. The second-order valence-corrected chi connectivity index (χ2v) is 21.4. The number of hydrogen-bond donors (Lipinski definition) is 0. The molecular formula is C71H64N6O2. The molecular weight excluding hydrogens is 969 g/mol. The molecule has 0 bridgehead atoms. The Labute approximate surface area is 462 Å². The normalized spacial score (nSPS) is 12.7. The number of aromatic nitrogens is 6. The molecule has 0 N–H and O–H groups in total. The number of aryl methyl sites for hydroxylation is 2. The zero-order chi connectivity index (χ0) is 53.5. The highest BCUT2D eigenvalue weighted by Gasteiger charge is 2.47. The van der Waals surface area contributed by atoms with E-state index in [0.29, 0.717) is 13.2 Å². The van der Waals surface area contributed by atoms with Crippen molar-refractivity contribution in [2.75, 3.05) is 13.2 Å². The van der Waals surface area contributed by atoms with Crippen LogP contribution in [0.5, 0.6) is 11.5 Å². The van der Waals surface area contributed by atoms with Gasteiger partial charge in [0.1, 0.15) is 11.5 Å². The predicted molar refractivity (Wildman–Crippen MR) is 323 cm³/mol. The highest BCUT2D eigenvalue weighted by atomic mass is 16.5. The van der Waals surface area contributed by atoms with Crippen LogP contribution < -0.4 is 9.47 Å². The van der Waals surface area contributed by atoms with Crippen LogP contribution in [-0.4, -0.2) is 42.3 Å². The summed E-state index contributed by atoms with van der Waals surface area (Å²) in [6, 6.07) is 54.4. The number of ether oxygens (including phenoxy) is 2. The van der Waals surface area contributed by atoms with Gasteiger partial charge < -0.3 is 18.6 Å². The van der Waals surface area contributed by atoms with Crippen molar-refractivity contribution >= 4 is 43.6 Å². The molecule has 0 unspecified atom stereocenters. The fourth-order valence-corrected chi connectivity index (χ4v) is 12.7. The van der Waals surface area contributed by atoms with Crippen molar-refractivity contribution in [1.29, 1.82) is 0 Å². The maximum absolute atomic E-state index is 6.44. The van der Waals surface area contributed by atoms with Crippen LogP contribution in [0.25, 0.3) is 88.4 Å². The van der Waals surface area contributed by atoms with E-state index in [1.165, 1.54) is 94.2 Å². The molecule has 13 rings (SSSR count). The Morgan fingerprint density at radius 3 is 1.10 bits per heavy atom. The third-order valence-electron chi connectivity index (χ3n) is 16.5. The van der Waals surface area contributed by atoms with Gasteiger partial charge in [-0.3, -0.25) is 19.9 Å². The Balaban J connectivity index is 0.967. The van der Waals surface area contributed by atoms with Gasteiger partial charge in [0.2, 0.25) is 0 Å². The van der Waals surface area contributed by atoms with Crippen LogP contribution in [0.2, 0.25) is 0 Å². The highest BCUT2D eigenvalue weighted by Crippen LogP contribution is 2.58. The summed E-state index contributed by atoms with van der Waals surface area (Å²) in [7, 11) is 0.